The summed E-state index contributed by atoms with van der Waals surface area (Å²) in [7, 11) is 0. The number of anilines is 1. The Morgan fingerprint density at radius 1 is 1.13 bits per heavy atom. The van der Waals surface area contributed by atoms with Crippen molar-refractivity contribution in [1.29, 1.82) is 0 Å². The lowest BCUT2D eigenvalue weighted by molar-refractivity contribution is -0.115. The number of carbonyl (C=O) groups is 1. The second-order valence-electron chi connectivity index (χ2n) is 7.67. The van der Waals surface area contributed by atoms with Crippen LogP contribution in [0.1, 0.15) is 34.6 Å². The number of hydrogen-bond donors (Lipinski definition) is 1. The second kappa shape index (κ2) is 7.81. The van der Waals surface area contributed by atoms with Crippen molar-refractivity contribution in [3.05, 3.63) is 58.5 Å². The minimum atomic E-state index is -0.0932. The van der Waals surface area contributed by atoms with Crippen molar-refractivity contribution in [2.75, 3.05) is 11.6 Å². The molecule has 1 amide bonds. The van der Waals surface area contributed by atoms with Crippen LogP contribution in [-0.2, 0) is 24.1 Å². The minimum absolute atomic E-state index is 0.0932. The number of amides is 1. The molecule has 0 bridgehead atoms. The van der Waals surface area contributed by atoms with Gasteiger partial charge in [0.05, 0.1) is 17.8 Å². The number of aromatic nitrogens is 6. The van der Waals surface area contributed by atoms with Crippen molar-refractivity contribution < 1.29 is 4.79 Å². The van der Waals surface area contributed by atoms with Crippen LogP contribution in [0.3, 0.4) is 0 Å². The average Bonchev–Trinajstić information content (AvgIpc) is 3.47. The molecule has 31 heavy (non-hydrogen) atoms. The molecule has 0 aliphatic heterocycles. The Morgan fingerprint density at radius 3 is 2.71 bits per heavy atom. The van der Waals surface area contributed by atoms with Gasteiger partial charge in [0.25, 0.3) is 5.78 Å². The average molecular weight is 434 g/mol. The first-order valence-electron chi connectivity index (χ1n) is 10.3. The van der Waals surface area contributed by atoms with Crippen LogP contribution >= 0.6 is 11.8 Å². The molecule has 1 aromatic carbocycles. The molecule has 8 nitrogen and oxygen atoms in total. The Bertz CT molecular complexity index is 1290. The van der Waals surface area contributed by atoms with Gasteiger partial charge in [0.1, 0.15) is 5.82 Å². The number of para-hydroxylation sites is 1. The summed E-state index contributed by atoms with van der Waals surface area (Å²) < 4.78 is 3.57. The molecule has 0 fully saturated rings. The summed E-state index contributed by atoms with van der Waals surface area (Å²) in [6.45, 7) is 3.87. The third-order valence-electron chi connectivity index (χ3n) is 5.72. The summed E-state index contributed by atoms with van der Waals surface area (Å²) in [5.41, 5.74) is 5.69. The van der Waals surface area contributed by atoms with Crippen LogP contribution in [0.2, 0.25) is 0 Å². The molecule has 1 aliphatic carbocycles. The SMILES string of the molecule is CSc1nc2nc(C)c(CC(=O)Nc3c4c(nn3-c3ccccc3)CCC4)c(C)n2n1. The molecule has 1 aliphatic rings. The lowest BCUT2D eigenvalue weighted by atomic mass is 10.1. The molecule has 3 aromatic heterocycles. The maximum absolute atomic E-state index is 13.1. The maximum Gasteiger partial charge on any atom is 0.253 e. The number of aryl methyl sites for hydroxylation is 3. The number of fused-ring (bicyclic) bond motifs is 2. The molecule has 0 unspecified atom stereocenters. The number of rotatable bonds is 5. The van der Waals surface area contributed by atoms with Gasteiger partial charge in [-0.15, -0.1) is 5.10 Å². The highest BCUT2D eigenvalue weighted by molar-refractivity contribution is 7.98. The van der Waals surface area contributed by atoms with Gasteiger partial charge in [-0.3, -0.25) is 4.79 Å². The van der Waals surface area contributed by atoms with Gasteiger partial charge in [0.2, 0.25) is 11.1 Å². The largest absolute Gasteiger partial charge is 0.310 e. The molecule has 4 aromatic rings. The van der Waals surface area contributed by atoms with E-state index in [2.05, 4.69) is 20.4 Å². The molecule has 0 saturated heterocycles. The van der Waals surface area contributed by atoms with Gasteiger partial charge >= 0.3 is 0 Å². The standard InChI is InChI=1S/C22H23N7OS/c1-13-17(14(2)28-21(23-13)25-22(27-28)31-3)12-19(30)24-20-16-10-7-11-18(16)26-29(20)15-8-5-4-6-9-15/h4-6,8-9H,7,10-12H2,1-3H3,(H,24,30). The Balaban J connectivity index is 1.47. The summed E-state index contributed by atoms with van der Waals surface area (Å²) in [6, 6.07) is 9.92. The summed E-state index contributed by atoms with van der Waals surface area (Å²) in [5, 5.41) is 13.1. The van der Waals surface area contributed by atoms with E-state index in [1.54, 1.807) is 4.52 Å². The molecular formula is C22H23N7OS. The van der Waals surface area contributed by atoms with E-state index >= 15 is 0 Å². The predicted octanol–water partition coefficient (Wildman–Crippen LogP) is 3.32. The smallest absolute Gasteiger partial charge is 0.253 e. The molecule has 0 radical (unpaired) electrons. The number of carbonyl (C=O) groups excluding carboxylic acids is 1. The molecule has 3 heterocycles. The monoisotopic (exact) mass is 433 g/mol. The summed E-state index contributed by atoms with van der Waals surface area (Å²) >= 11 is 1.47. The fourth-order valence-corrected chi connectivity index (χ4v) is 4.48. The first-order valence-corrected chi connectivity index (χ1v) is 11.5. The third-order valence-corrected chi connectivity index (χ3v) is 6.25. The molecule has 0 saturated carbocycles. The van der Waals surface area contributed by atoms with Crippen molar-refractivity contribution in [1.82, 2.24) is 29.4 Å². The fourth-order valence-electron chi connectivity index (χ4n) is 4.15. The van der Waals surface area contributed by atoms with Crippen molar-refractivity contribution in [3.63, 3.8) is 0 Å². The lowest BCUT2D eigenvalue weighted by Crippen LogP contribution is -2.20. The quantitative estimate of drug-likeness (QED) is 0.486. The first kappa shape index (κ1) is 19.7. The third kappa shape index (κ3) is 3.48. The van der Waals surface area contributed by atoms with E-state index in [-0.39, 0.29) is 12.3 Å². The zero-order valence-corrected chi connectivity index (χ0v) is 18.5. The van der Waals surface area contributed by atoms with Gasteiger partial charge in [-0.05, 0) is 51.5 Å². The van der Waals surface area contributed by atoms with Crippen LogP contribution in [0.5, 0.6) is 0 Å². The zero-order valence-electron chi connectivity index (χ0n) is 17.7. The molecule has 158 valence electrons. The number of benzene rings is 1. The van der Waals surface area contributed by atoms with Crippen molar-refractivity contribution >= 4 is 29.3 Å². The molecule has 5 rings (SSSR count). The summed E-state index contributed by atoms with van der Waals surface area (Å²) in [4.78, 5) is 22.1. The number of thioether (sulfide) groups is 1. The van der Waals surface area contributed by atoms with Gasteiger partial charge < -0.3 is 5.32 Å². The summed E-state index contributed by atoms with van der Waals surface area (Å²) in [5.74, 6) is 1.24. The Kier molecular flexibility index (Phi) is 4.97. The Hall–Kier alpha value is -3.20. The normalized spacial score (nSPS) is 13.0. The van der Waals surface area contributed by atoms with E-state index in [1.165, 1.54) is 11.8 Å². The summed E-state index contributed by atoms with van der Waals surface area (Å²) in [6.07, 6.45) is 5.09. The Morgan fingerprint density at radius 2 is 1.94 bits per heavy atom. The van der Waals surface area contributed by atoms with Gasteiger partial charge in [0, 0.05) is 22.5 Å². The van der Waals surface area contributed by atoms with E-state index in [0.717, 1.165) is 59.0 Å². The van der Waals surface area contributed by atoms with E-state index < -0.39 is 0 Å². The van der Waals surface area contributed by atoms with E-state index in [9.17, 15) is 4.79 Å². The first-order chi connectivity index (χ1) is 15.0. The molecule has 9 heteroatoms. The zero-order chi connectivity index (χ0) is 21.5. The van der Waals surface area contributed by atoms with Crippen LogP contribution in [0.15, 0.2) is 35.5 Å². The maximum atomic E-state index is 13.1. The molecule has 0 spiro atoms. The van der Waals surface area contributed by atoms with Crippen LogP contribution in [0.25, 0.3) is 11.5 Å². The van der Waals surface area contributed by atoms with Crippen LogP contribution in [-0.4, -0.2) is 41.5 Å². The van der Waals surface area contributed by atoms with Crippen molar-refractivity contribution in [3.8, 4) is 5.69 Å². The molecule has 1 N–H and O–H groups in total. The van der Waals surface area contributed by atoms with E-state index in [1.807, 2.05) is 55.1 Å². The highest BCUT2D eigenvalue weighted by Crippen LogP contribution is 2.31. The highest BCUT2D eigenvalue weighted by Gasteiger charge is 2.25. The molecular weight excluding hydrogens is 410 g/mol. The lowest BCUT2D eigenvalue weighted by Gasteiger charge is -2.13. The highest BCUT2D eigenvalue weighted by atomic mass is 32.2. The van der Waals surface area contributed by atoms with Crippen molar-refractivity contribution in [2.24, 2.45) is 0 Å². The van der Waals surface area contributed by atoms with Gasteiger partial charge in [-0.25, -0.2) is 14.2 Å². The van der Waals surface area contributed by atoms with Gasteiger partial charge in [0.15, 0.2) is 0 Å². The van der Waals surface area contributed by atoms with Gasteiger partial charge in [-0.1, -0.05) is 30.0 Å². The van der Waals surface area contributed by atoms with Crippen LogP contribution < -0.4 is 5.32 Å². The van der Waals surface area contributed by atoms with Crippen molar-refractivity contribution in [2.45, 2.75) is 44.7 Å². The topological polar surface area (TPSA) is 90.0 Å². The van der Waals surface area contributed by atoms with Gasteiger partial charge in [-0.2, -0.15) is 10.1 Å². The Labute approximate surface area is 184 Å². The molecule has 0 atom stereocenters. The fraction of sp³-hybridized carbons (Fsp3) is 0.318. The van der Waals surface area contributed by atoms with Crippen LogP contribution in [0.4, 0.5) is 5.82 Å². The van der Waals surface area contributed by atoms with E-state index in [0.29, 0.717) is 10.9 Å². The number of nitrogens with one attached hydrogen (secondary N) is 1. The minimum Gasteiger partial charge on any atom is -0.310 e. The number of hydrogen-bond acceptors (Lipinski definition) is 6. The van der Waals surface area contributed by atoms with E-state index in [4.69, 9.17) is 5.10 Å². The second-order valence-corrected chi connectivity index (χ2v) is 8.44. The van der Waals surface area contributed by atoms with Crippen LogP contribution in [0, 0.1) is 13.8 Å². The predicted molar refractivity (Wildman–Crippen MR) is 120 cm³/mol. The number of nitrogens with zero attached hydrogens (tertiary/aromatic N) is 6.